The second kappa shape index (κ2) is 10.2. The van der Waals surface area contributed by atoms with E-state index in [9.17, 15) is 0 Å². The largest absolute Gasteiger partial charge is 0.250 e. The third-order valence-corrected chi connectivity index (χ3v) is 5.76. The van der Waals surface area contributed by atoms with Gasteiger partial charge < -0.3 is 0 Å². The van der Waals surface area contributed by atoms with Crippen LogP contribution >= 0.6 is 23.2 Å². The number of halogens is 2. The van der Waals surface area contributed by atoms with Gasteiger partial charge in [-0.3, -0.25) is 0 Å². The molecule has 0 bridgehead atoms. The number of hydrogen-bond donors (Lipinski definition) is 0. The summed E-state index contributed by atoms with van der Waals surface area (Å²) in [6.45, 7) is 10.2. The van der Waals surface area contributed by atoms with Gasteiger partial charge in [0.05, 0.1) is 44.2 Å². The summed E-state index contributed by atoms with van der Waals surface area (Å²) < 4.78 is 0. The van der Waals surface area contributed by atoms with Crippen LogP contribution in [0.15, 0.2) is 58.5 Å². The molecule has 3 nitrogen and oxygen atoms in total. The Morgan fingerprint density at radius 3 is 1.90 bits per heavy atom. The highest BCUT2D eigenvalue weighted by Gasteiger charge is 2.11. The maximum atomic E-state index is 6.50. The van der Waals surface area contributed by atoms with Crippen molar-refractivity contribution in [2.45, 2.75) is 47.5 Å². The van der Waals surface area contributed by atoms with Gasteiger partial charge >= 0.3 is 0 Å². The Hall–Kier alpha value is -2.49. The van der Waals surface area contributed by atoms with Crippen LogP contribution in [0.2, 0.25) is 10.0 Å². The van der Waals surface area contributed by atoms with Crippen molar-refractivity contribution in [3.63, 3.8) is 0 Å². The van der Waals surface area contributed by atoms with E-state index in [0.29, 0.717) is 10.0 Å². The summed E-state index contributed by atoms with van der Waals surface area (Å²) in [5, 5.41) is 1.31. The lowest BCUT2D eigenvalue weighted by Crippen LogP contribution is -2.05. The zero-order chi connectivity index (χ0) is 22.5. The van der Waals surface area contributed by atoms with Gasteiger partial charge in [-0.15, -0.1) is 0 Å². The molecular formula is C26H27Cl2N3. The second-order valence-corrected chi connectivity index (χ2v) is 8.33. The van der Waals surface area contributed by atoms with E-state index in [1.165, 1.54) is 0 Å². The van der Waals surface area contributed by atoms with Gasteiger partial charge in [0.2, 0.25) is 0 Å². The van der Waals surface area contributed by atoms with E-state index in [-0.39, 0.29) is 0 Å². The molecule has 2 aromatic carbocycles. The zero-order valence-corrected chi connectivity index (χ0v) is 20.1. The first-order valence-electron chi connectivity index (χ1n) is 10.5. The monoisotopic (exact) mass is 451 g/mol. The van der Waals surface area contributed by atoms with Gasteiger partial charge in [0, 0.05) is 0 Å². The quantitative estimate of drug-likeness (QED) is 0.348. The van der Waals surface area contributed by atoms with Crippen molar-refractivity contribution in [2.75, 3.05) is 0 Å². The lowest BCUT2D eigenvalue weighted by Gasteiger charge is -2.10. The van der Waals surface area contributed by atoms with Gasteiger partial charge in [-0.1, -0.05) is 61.3 Å². The molecule has 0 aliphatic carbocycles. The lowest BCUT2D eigenvalue weighted by molar-refractivity contribution is 1.12. The van der Waals surface area contributed by atoms with Gasteiger partial charge in [0.15, 0.2) is 0 Å². The minimum absolute atomic E-state index is 0.647. The topological polar surface area (TPSA) is 37.6 Å². The van der Waals surface area contributed by atoms with Crippen LogP contribution in [0.25, 0.3) is 0 Å². The molecule has 160 valence electrons. The fraction of sp³-hybridized carbons (Fsp3) is 0.269. The van der Waals surface area contributed by atoms with E-state index in [4.69, 9.17) is 38.2 Å². The molecule has 0 fully saturated rings. The predicted molar refractivity (Wildman–Crippen MR) is 134 cm³/mol. The van der Waals surface area contributed by atoms with Crippen LogP contribution < -0.4 is 0 Å². The average Bonchev–Trinajstić information content (AvgIpc) is 2.76. The smallest absolute Gasteiger partial charge is 0.0851 e. The first-order valence-corrected chi connectivity index (χ1v) is 11.2. The molecule has 3 rings (SSSR count). The minimum atomic E-state index is 0.647. The molecule has 0 atom stereocenters. The summed E-state index contributed by atoms with van der Waals surface area (Å²) in [6, 6.07) is 15.8. The van der Waals surface area contributed by atoms with Gasteiger partial charge in [0.1, 0.15) is 0 Å². The molecule has 0 aliphatic heterocycles. The molecular weight excluding hydrogens is 425 g/mol. The molecule has 1 heterocycles. The van der Waals surface area contributed by atoms with Gasteiger partial charge in [0.25, 0.3) is 0 Å². The number of aryl methyl sites for hydroxylation is 3. The van der Waals surface area contributed by atoms with Crippen LogP contribution in [-0.2, 0) is 12.8 Å². The van der Waals surface area contributed by atoms with Crippen LogP contribution in [0.5, 0.6) is 0 Å². The number of rotatable bonds is 6. The van der Waals surface area contributed by atoms with E-state index in [2.05, 4.69) is 26.0 Å². The van der Waals surface area contributed by atoms with Crippen molar-refractivity contribution in [1.29, 1.82) is 0 Å². The highest BCUT2D eigenvalue weighted by molar-refractivity contribution is 6.33. The Balaban J connectivity index is 2.00. The first kappa shape index (κ1) is 23.2. The summed E-state index contributed by atoms with van der Waals surface area (Å²) in [5.74, 6) is 0. The standard InChI is InChI=1S/C26H27Cl2N3/c1-6-19-10-8-11-21(27)25(19)29-17(4)23-12-9-13-24(31-23)18(5)30-26-20(7-2)14-16(3)15-22(26)28/h8-15H,6-7H2,1-5H3/b29-17+,30-18+. The van der Waals surface area contributed by atoms with Crippen LogP contribution in [-0.4, -0.2) is 16.4 Å². The third-order valence-electron chi connectivity index (χ3n) is 5.17. The van der Waals surface area contributed by atoms with Gasteiger partial charge in [-0.2, -0.15) is 0 Å². The molecule has 0 amide bonds. The minimum Gasteiger partial charge on any atom is -0.250 e. The summed E-state index contributed by atoms with van der Waals surface area (Å²) >= 11 is 12.9. The third kappa shape index (κ3) is 5.41. The molecule has 0 N–H and O–H groups in total. The van der Waals surface area contributed by atoms with Crippen LogP contribution in [0.1, 0.15) is 55.8 Å². The average molecular weight is 452 g/mol. The Morgan fingerprint density at radius 2 is 1.32 bits per heavy atom. The summed E-state index contributed by atoms with van der Waals surface area (Å²) in [5.41, 5.74) is 8.19. The van der Waals surface area contributed by atoms with Crippen LogP contribution in [0.3, 0.4) is 0 Å². The van der Waals surface area contributed by atoms with Crippen molar-refractivity contribution in [2.24, 2.45) is 9.98 Å². The van der Waals surface area contributed by atoms with E-state index in [0.717, 1.165) is 63.7 Å². The van der Waals surface area contributed by atoms with E-state index < -0.39 is 0 Å². The molecule has 0 saturated carbocycles. The van der Waals surface area contributed by atoms with Crippen LogP contribution in [0.4, 0.5) is 11.4 Å². The normalized spacial score (nSPS) is 12.4. The number of hydrogen-bond acceptors (Lipinski definition) is 3. The SMILES string of the molecule is CCc1cccc(Cl)c1/N=C(\C)c1cccc(/C(C)=N/c2c(Cl)cc(C)cc2CC)n1. The number of pyridine rings is 1. The van der Waals surface area contributed by atoms with Crippen LogP contribution in [0, 0.1) is 6.92 Å². The van der Waals surface area contributed by atoms with Gasteiger partial charge in [-0.25, -0.2) is 15.0 Å². The molecule has 5 heteroatoms. The van der Waals surface area contributed by atoms with E-state index in [1.807, 2.05) is 57.2 Å². The number of aromatic nitrogens is 1. The molecule has 3 aromatic rings. The Kier molecular flexibility index (Phi) is 7.64. The molecule has 1 aromatic heterocycles. The van der Waals surface area contributed by atoms with Crippen molar-refractivity contribution < 1.29 is 0 Å². The van der Waals surface area contributed by atoms with Crippen molar-refractivity contribution in [1.82, 2.24) is 4.98 Å². The van der Waals surface area contributed by atoms with Crippen molar-refractivity contribution in [3.05, 3.63) is 86.7 Å². The zero-order valence-electron chi connectivity index (χ0n) is 18.6. The first-order chi connectivity index (χ1) is 14.8. The van der Waals surface area contributed by atoms with E-state index >= 15 is 0 Å². The molecule has 31 heavy (non-hydrogen) atoms. The maximum absolute atomic E-state index is 6.50. The Bertz CT molecular complexity index is 1160. The predicted octanol–water partition coefficient (Wildman–Crippen LogP) is 8.10. The van der Waals surface area contributed by atoms with Gasteiger partial charge in [-0.05, 0) is 74.6 Å². The second-order valence-electron chi connectivity index (χ2n) is 7.51. The summed E-state index contributed by atoms with van der Waals surface area (Å²) in [6.07, 6.45) is 1.73. The summed E-state index contributed by atoms with van der Waals surface area (Å²) in [4.78, 5) is 14.4. The Morgan fingerprint density at radius 1 is 0.774 bits per heavy atom. The fourth-order valence-electron chi connectivity index (χ4n) is 3.46. The van der Waals surface area contributed by atoms with Crippen molar-refractivity contribution >= 4 is 46.0 Å². The van der Waals surface area contributed by atoms with Crippen molar-refractivity contribution in [3.8, 4) is 0 Å². The summed E-state index contributed by atoms with van der Waals surface area (Å²) in [7, 11) is 0. The molecule has 0 spiro atoms. The molecule has 0 unspecified atom stereocenters. The number of aliphatic imine (C=N–C) groups is 2. The molecule has 0 aliphatic rings. The maximum Gasteiger partial charge on any atom is 0.0851 e. The Labute approximate surface area is 194 Å². The number of para-hydroxylation sites is 1. The highest BCUT2D eigenvalue weighted by atomic mass is 35.5. The number of benzene rings is 2. The van der Waals surface area contributed by atoms with E-state index in [1.54, 1.807) is 0 Å². The lowest BCUT2D eigenvalue weighted by atomic mass is 10.1. The fourth-order valence-corrected chi connectivity index (χ4v) is 4.03. The molecule has 0 saturated heterocycles. The number of nitrogens with zero attached hydrogens (tertiary/aromatic N) is 3. The highest BCUT2D eigenvalue weighted by Crippen LogP contribution is 2.32. The molecule has 0 radical (unpaired) electrons.